The van der Waals surface area contributed by atoms with Crippen molar-refractivity contribution in [2.45, 2.75) is 18.9 Å². The summed E-state index contributed by atoms with van der Waals surface area (Å²) in [5.41, 5.74) is 0.0248. The molecule has 0 bridgehead atoms. The van der Waals surface area contributed by atoms with Crippen LogP contribution in [0.15, 0.2) is 36.2 Å². The second-order valence-corrected chi connectivity index (χ2v) is 5.25. The van der Waals surface area contributed by atoms with Crippen LogP contribution in [0.5, 0.6) is 5.88 Å². The molecule has 2 aromatic heterocycles. The first-order valence-corrected chi connectivity index (χ1v) is 7.51. The Bertz CT molecular complexity index is 827. The summed E-state index contributed by atoms with van der Waals surface area (Å²) in [5.74, 6) is -0.174. The molecule has 1 aliphatic carbocycles. The Morgan fingerprint density at radius 1 is 1.50 bits per heavy atom. The number of nitrogens with one attached hydrogen (secondary N) is 2. The Morgan fingerprint density at radius 3 is 2.96 bits per heavy atom. The van der Waals surface area contributed by atoms with Crippen molar-refractivity contribution in [1.29, 1.82) is 0 Å². The minimum atomic E-state index is -1.33. The first-order chi connectivity index (χ1) is 11.6. The molecule has 0 fully saturated rings. The van der Waals surface area contributed by atoms with Gasteiger partial charge in [-0.1, -0.05) is 6.08 Å². The third-order valence-corrected chi connectivity index (χ3v) is 3.80. The molecule has 2 heterocycles. The Balaban J connectivity index is 1.84. The predicted molar refractivity (Wildman–Crippen MR) is 87.9 cm³/mol. The molecule has 3 N–H and O–H groups in total. The molecular weight excluding hydrogens is 312 g/mol. The van der Waals surface area contributed by atoms with Crippen molar-refractivity contribution < 1.29 is 19.4 Å². The molecule has 0 amide bonds. The van der Waals surface area contributed by atoms with Crippen molar-refractivity contribution >= 4 is 23.0 Å². The van der Waals surface area contributed by atoms with E-state index >= 15 is 0 Å². The van der Waals surface area contributed by atoms with Crippen LogP contribution in [0.1, 0.15) is 13.3 Å². The van der Waals surface area contributed by atoms with Crippen molar-refractivity contribution in [1.82, 2.24) is 15.0 Å². The number of hydrogen-bond donors (Lipinski definition) is 3. The first-order valence-electron chi connectivity index (χ1n) is 7.51. The van der Waals surface area contributed by atoms with E-state index in [1.54, 1.807) is 18.3 Å². The lowest BCUT2D eigenvalue weighted by atomic mass is 9.94. The number of carbonyl (C=O) groups is 1. The number of allylic oxidation sites excluding steroid dienone is 1. The smallest absolute Gasteiger partial charge is 0.340 e. The quantitative estimate of drug-likeness (QED) is 0.744. The van der Waals surface area contributed by atoms with E-state index in [9.17, 15) is 9.90 Å². The number of ether oxygens (including phenoxy) is 2. The molecule has 0 spiro atoms. The van der Waals surface area contributed by atoms with E-state index < -0.39 is 11.6 Å². The van der Waals surface area contributed by atoms with Gasteiger partial charge in [-0.3, -0.25) is 0 Å². The highest BCUT2D eigenvalue weighted by molar-refractivity contribution is 5.82. The van der Waals surface area contributed by atoms with E-state index in [1.807, 2.05) is 13.0 Å². The maximum Gasteiger partial charge on any atom is 0.340 e. The Kier molecular flexibility index (Phi) is 4.22. The van der Waals surface area contributed by atoms with Crippen molar-refractivity contribution in [3.05, 3.63) is 36.2 Å². The van der Waals surface area contributed by atoms with Gasteiger partial charge in [-0.05, 0) is 25.1 Å². The monoisotopic (exact) mass is 330 g/mol. The van der Waals surface area contributed by atoms with Crippen molar-refractivity contribution in [3.8, 4) is 5.88 Å². The van der Waals surface area contributed by atoms with Gasteiger partial charge in [0.25, 0.3) is 0 Å². The lowest BCUT2D eigenvalue weighted by Gasteiger charge is -2.26. The van der Waals surface area contributed by atoms with Gasteiger partial charge in [-0.15, -0.1) is 0 Å². The van der Waals surface area contributed by atoms with Gasteiger partial charge in [0, 0.05) is 25.4 Å². The fourth-order valence-corrected chi connectivity index (χ4v) is 2.46. The number of anilines is 1. The maximum absolute atomic E-state index is 11.3. The number of aliphatic carboxylic acids is 1. The van der Waals surface area contributed by atoms with Crippen LogP contribution in [-0.4, -0.2) is 45.3 Å². The molecule has 1 aliphatic rings. The van der Waals surface area contributed by atoms with E-state index in [0.29, 0.717) is 29.8 Å². The van der Waals surface area contributed by atoms with Crippen LogP contribution in [0.4, 0.5) is 5.95 Å². The average molecular weight is 330 g/mol. The van der Waals surface area contributed by atoms with Crippen LogP contribution < -0.4 is 10.1 Å². The molecule has 126 valence electrons. The summed E-state index contributed by atoms with van der Waals surface area (Å²) in [5, 5.41) is 13.2. The fraction of sp³-hybridized carbons (Fsp3) is 0.312. The second-order valence-electron chi connectivity index (χ2n) is 5.25. The molecule has 0 radical (unpaired) electrons. The van der Waals surface area contributed by atoms with Gasteiger partial charge in [-0.2, -0.15) is 9.97 Å². The molecule has 0 aliphatic heterocycles. The third kappa shape index (κ3) is 2.83. The van der Waals surface area contributed by atoms with Gasteiger partial charge in [0.05, 0.1) is 12.0 Å². The molecule has 0 saturated heterocycles. The number of nitrogens with zero attached hydrogens (tertiary/aromatic N) is 2. The number of aromatic amines is 1. The minimum Gasteiger partial charge on any atom is -0.479 e. The summed E-state index contributed by atoms with van der Waals surface area (Å²) in [7, 11) is 1.38. The van der Waals surface area contributed by atoms with E-state index in [0.717, 1.165) is 5.39 Å². The highest BCUT2D eigenvalue weighted by Gasteiger charge is 2.36. The molecule has 3 rings (SSSR count). The SMILES string of the molecule is CCOc1nc(NC2=CCC(OC)(C(=O)O)C=C2)nc2[nH]ccc12. The number of carboxylic acid groups (broad SMARTS) is 1. The lowest BCUT2D eigenvalue weighted by molar-refractivity contribution is -0.156. The van der Waals surface area contributed by atoms with Gasteiger partial charge in [0.2, 0.25) is 11.8 Å². The number of methoxy groups -OCH3 is 1. The minimum absolute atomic E-state index is 0.209. The van der Waals surface area contributed by atoms with Crippen LogP contribution in [-0.2, 0) is 9.53 Å². The highest BCUT2D eigenvalue weighted by atomic mass is 16.5. The average Bonchev–Trinajstić information content (AvgIpc) is 3.04. The van der Waals surface area contributed by atoms with Gasteiger partial charge in [0.1, 0.15) is 5.65 Å². The molecule has 8 heteroatoms. The molecule has 2 aromatic rings. The molecule has 0 saturated carbocycles. The number of carboxylic acids is 1. The summed E-state index contributed by atoms with van der Waals surface area (Å²) in [6.07, 6.45) is 6.87. The largest absolute Gasteiger partial charge is 0.479 e. The first kappa shape index (κ1) is 16.0. The van der Waals surface area contributed by atoms with E-state index in [2.05, 4.69) is 20.3 Å². The van der Waals surface area contributed by atoms with Crippen LogP contribution in [0.25, 0.3) is 11.0 Å². The molecule has 8 nitrogen and oxygen atoms in total. The zero-order valence-electron chi connectivity index (χ0n) is 13.4. The number of fused-ring (bicyclic) bond motifs is 1. The Labute approximate surface area is 138 Å². The van der Waals surface area contributed by atoms with Gasteiger partial charge in [0.15, 0.2) is 5.60 Å². The van der Waals surface area contributed by atoms with Crippen LogP contribution in [0, 0.1) is 0 Å². The van der Waals surface area contributed by atoms with Crippen molar-refractivity contribution in [2.24, 2.45) is 0 Å². The summed E-state index contributed by atoms with van der Waals surface area (Å²) < 4.78 is 10.7. The molecule has 0 aromatic carbocycles. The topological polar surface area (TPSA) is 109 Å². The fourth-order valence-electron chi connectivity index (χ4n) is 2.46. The Morgan fingerprint density at radius 2 is 2.33 bits per heavy atom. The van der Waals surface area contributed by atoms with Crippen LogP contribution in [0.2, 0.25) is 0 Å². The number of rotatable bonds is 6. The van der Waals surface area contributed by atoms with Crippen LogP contribution in [0.3, 0.4) is 0 Å². The van der Waals surface area contributed by atoms with Gasteiger partial charge < -0.3 is 24.9 Å². The summed E-state index contributed by atoms with van der Waals surface area (Å²) in [4.78, 5) is 23.1. The van der Waals surface area contributed by atoms with E-state index in [1.165, 1.54) is 13.2 Å². The molecular formula is C16H18N4O4. The second kappa shape index (κ2) is 6.32. The molecule has 1 atom stereocenters. The molecule has 1 unspecified atom stereocenters. The van der Waals surface area contributed by atoms with Crippen molar-refractivity contribution in [3.63, 3.8) is 0 Å². The maximum atomic E-state index is 11.3. The zero-order valence-corrected chi connectivity index (χ0v) is 13.4. The number of H-pyrrole nitrogens is 1. The predicted octanol–water partition coefficient (Wildman–Crippen LogP) is 2.08. The van der Waals surface area contributed by atoms with Gasteiger partial charge in [-0.25, -0.2) is 4.79 Å². The van der Waals surface area contributed by atoms with E-state index in [-0.39, 0.29) is 6.42 Å². The Hall–Kier alpha value is -2.87. The number of aromatic nitrogens is 3. The zero-order chi connectivity index (χ0) is 17.2. The third-order valence-electron chi connectivity index (χ3n) is 3.80. The van der Waals surface area contributed by atoms with E-state index in [4.69, 9.17) is 9.47 Å². The standard InChI is InChI=1S/C16H18N4O4/c1-3-24-13-11-6-9-17-12(11)19-15(20-13)18-10-4-7-16(23-2,8-5-10)14(21)22/h4-7,9H,3,8H2,1-2H3,(H,21,22)(H2,17,18,19,20). The van der Waals surface area contributed by atoms with Gasteiger partial charge >= 0.3 is 5.97 Å². The molecule has 24 heavy (non-hydrogen) atoms. The summed E-state index contributed by atoms with van der Waals surface area (Å²) in [6.45, 7) is 2.38. The lowest BCUT2D eigenvalue weighted by Crippen LogP contribution is -2.39. The summed E-state index contributed by atoms with van der Waals surface area (Å²) >= 11 is 0. The summed E-state index contributed by atoms with van der Waals surface area (Å²) in [6, 6.07) is 1.85. The van der Waals surface area contributed by atoms with Crippen molar-refractivity contribution in [2.75, 3.05) is 19.0 Å². The highest BCUT2D eigenvalue weighted by Crippen LogP contribution is 2.27. The van der Waals surface area contributed by atoms with Crippen LogP contribution >= 0.6 is 0 Å². The number of hydrogen-bond acceptors (Lipinski definition) is 6. The normalized spacial score (nSPS) is 20.0.